The number of carbonyl (C=O) groups is 1. The first-order valence-electron chi connectivity index (χ1n) is 7.75. The molecule has 0 unspecified atom stereocenters. The topological polar surface area (TPSA) is 66.3 Å². The predicted molar refractivity (Wildman–Crippen MR) is 78.9 cm³/mol. The first-order chi connectivity index (χ1) is 9.91. The van der Waals surface area contributed by atoms with Crippen LogP contribution in [0, 0.1) is 11.8 Å². The average molecular weight is 289 g/mol. The van der Waals surface area contributed by atoms with Gasteiger partial charge in [0.15, 0.2) is 0 Å². The van der Waals surface area contributed by atoms with Gasteiger partial charge in [0.2, 0.25) is 0 Å². The van der Waals surface area contributed by atoms with E-state index in [0.717, 1.165) is 18.7 Å². The largest absolute Gasteiger partial charge is 0.387 e. The van der Waals surface area contributed by atoms with E-state index in [-0.39, 0.29) is 17.7 Å². The molecule has 0 bridgehead atoms. The highest BCUT2D eigenvalue weighted by Crippen LogP contribution is 2.38. The number of carbonyl (C=O) groups excluding carboxylic acids is 1. The van der Waals surface area contributed by atoms with Gasteiger partial charge in [0.05, 0.1) is 17.7 Å². The van der Waals surface area contributed by atoms with E-state index in [9.17, 15) is 9.90 Å². The Bertz CT molecular complexity index is 539. The number of β-amino-alcohol motifs (C(OH)–C–C–N with tert-alkyl or cyclic N) is 1. The third-order valence-electron chi connectivity index (χ3n) is 4.94. The molecule has 1 aliphatic carbocycles. The number of likely N-dealkylation sites (tertiary alicyclic amines) is 1. The molecule has 21 heavy (non-hydrogen) atoms. The highest BCUT2D eigenvalue weighted by atomic mass is 16.3. The molecule has 1 aromatic heterocycles. The molecule has 0 radical (unpaired) electrons. The lowest BCUT2D eigenvalue weighted by Gasteiger charge is -2.30. The van der Waals surface area contributed by atoms with Crippen LogP contribution in [-0.2, 0) is 0 Å². The van der Waals surface area contributed by atoms with Gasteiger partial charge >= 0.3 is 0 Å². The monoisotopic (exact) mass is 289 g/mol. The van der Waals surface area contributed by atoms with Gasteiger partial charge in [-0.25, -0.2) is 9.97 Å². The molecule has 1 saturated heterocycles. The molecule has 1 saturated carbocycles. The first-order valence-corrected chi connectivity index (χ1v) is 7.75. The van der Waals surface area contributed by atoms with Gasteiger partial charge in [-0.05, 0) is 18.8 Å². The van der Waals surface area contributed by atoms with Crippen molar-refractivity contribution in [3.63, 3.8) is 0 Å². The summed E-state index contributed by atoms with van der Waals surface area (Å²) in [5.74, 6) is 1.46. The second-order valence-electron chi connectivity index (χ2n) is 6.84. The van der Waals surface area contributed by atoms with Gasteiger partial charge in [-0.15, -0.1) is 0 Å². The summed E-state index contributed by atoms with van der Waals surface area (Å²) in [6.45, 7) is 6.96. The molecular weight excluding hydrogens is 266 g/mol. The van der Waals surface area contributed by atoms with Gasteiger partial charge in [0.1, 0.15) is 5.82 Å². The van der Waals surface area contributed by atoms with Crippen LogP contribution in [-0.4, -0.2) is 44.6 Å². The summed E-state index contributed by atoms with van der Waals surface area (Å²) in [6, 6.07) is 0. The number of nitrogens with zero attached hydrogens (tertiary/aromatic N) is 3. The van der Waals surface area contributed by atoms with Gasteiger partial charge in [0, 0.05) is 30.8 Å². The Hall–Kier alpha value is -1.49. The maximum Gasteiger partial charge on any atom is 0.257 e. The summed E-state index contributed by atoms with van der Waals surface area (Å²) < 4.78 is 0. The standard InChI is InChI=1S/C16H23N3O2/c1-10(2)16(21)9-19(8-11(16)3)15(20)13-6-17-14(18-7-13)12-4-5-12/h6-7,10-12,21H,4-5,8-9H2,1-3H3/t11-,16-/m1/s1. The lowest BCUT2D eigenvalue weighted by atomic mass is 9.82. The van der Waals surface area contributed by atoms with E-state index in [1.54, 1.807) is 17.3 Å². The summed E-state index contributed by atoms with van der Waals surface area (Å²) in [7, 11) is 0. The van der Waals surface area contributed by atoms with Crippen molar-refractivity contribution >= 4 is 5.91 Å². The van der Waals surface area contributed by atoms with E-state index in [4.69, 9.17) is 0 Å². The smallest absolute Gasteiger partial charge is 0.257 e. The van der Waals surface area contributed by atoms with Crippen LogP contribution in [0.5, 0.6) is 0 Å². The predicted octanol–water partition coefficient (Wildman–Crippen LogP) is 1.83. The van der Waals surface area contributed by atoms with Gasteiger partial charge in [0.25, 0.3) is 5.91 Å². The summed E-state index contributed by atoms with van der Waals surface area (Å²) in [6.07, 6.45) is 5.55. The van der Waals surface area contributed by atoms with Gasteiger partial charge in [-0.3, -0.25) is 4.79 Å². The van der Waals surface area contributed by atoms with Crippen LogP contribution in [0.4, 0.5) is 0 Å². The van der Waals surface area contributed by atoms with E-state index >= 15 is 0 Å². The van der Waals surface area contributed by atoms with Crippen molar-refractivity contribution in [1.82, 2.24) is 14.9 Å². The molecule has 1 aromatic rings. The summed E-state index contributed by atoms with van der Waals surface area (Å²) in [5.41, 5.74) is -0.288. The second kappa shape index (κ2) is 5.05. The van der Waals surface area contributed by atoms with Gasteiger partial charge in [-0.2, -0.15) is 0 Å². The van der Waals surface area contributed by atoms with Crippen molar-refractivity contribution in [2.75, 3.05) is 13.1 Å². The first kappa shape index (κ1) is 14.4. The van der Waals surface area contributed by atoms with Crippen molar-refractivity contribution < 1.29 is 9.90 Å². The van der Waals surface area contributed by atoms with Crippen LogP contribution in [0.15, 0.2) is 12.4 Å². The minimum atomic E-state index is -0.801. The molecule has 2 atom stereocenters. The Morgan fingerprint density at radius 3 is 2.48 bits per heavy atom. The van der Waals surface area contributed by atoms with E-state index in [2.05, 4.69) is 9.97 Å². The summed E-state index contributed by atoms with van der Waals surface area (Å²) in [4.78, 5) is 22.9. The van der Waals surface area contributed by atoms with E-state index < -0.39 is 5.60 Å². The van der Waals surface area contributed by atoms with Crippen LogP contribution >= 0.6 is 0 Å². The normalized spacial score (nSPS) is 29.2. The van der Waals surface area contributed by atoms with E-state index in [1.165, 1.54) is 0 Å². The lowest BCUT2D eigenvalue weighted by molar-refractivity contribution is -0.0243. The van der Waals surface area contributed by atoms with Gasteiger partial charge in [-0.1, -0.05) is 20.8 Å². The number of hydrogen-bond donors (Lipinski definition) is 1. The third kappa shape index (κ3) is 2.55. The highest BCUT2D eigenvalue weighted by Gasteiger charge is 2.46. The van der Waals surface area contributed by atoms with Crippen LogP contribution < -0.4 is 0 Å². The molecule has 114 valence electrons. The molecule has 1 amide bonds. The Kier molecular flexibility index (Phi) is 3.48. The Morgan fingerprint density at radius 2 is 2.00 bits per heavy atom. The van der Waals surface area contributed by atoms with Crippen molar-refractivity contribution in [2.24, 2.45) is 11.8 Å². The Labute approximate surface area is 125 Å². The SMILES string of the molecule is CC(C)[C@]1(O)CN(C(=O)c2cnc(C3CC3)nc2)C[C@H]1C. The lowest BCUT2D eigenvalue weighted by Crippen LogP contribution is -2.43. The average Bonchev–Trinajstić information content (AvgIpc) is 3.25. The van der Waals surface area contributed by atoms with E-state index in [1.807, 2.05) is 20.8 Å². The molecular formula is C16H23N3O2. The van der Waals surface area contributed by atoms with Crippen LogP contribution in [0.2, 0.25) is 0 Å². The zero-order valence-corrected chi connectivity index (χ0v) is 12.9. The fourth-order valence-corrected chi connectivity index (χ4v) is 3.10. The maximum atomic E-state index is 12.5. The van der Waals surface area contributed by atoms with Crippen LogP contribution in [0.1, 0.15) is 55.7 Å². The second-order valence-corrected chi connectivity index (χ2v) is 6.84. The maximum absolute atomic E-state index is 12.5. The number of hydrogen-bond acceptors (Lipinski definition) is 4. The fourth-order valence-electron chi connectivity index (χ4n) is 3.10. The number of aromatic nitrogens is 2. The number of aliphatic hydroxyl groups is 1. The molecule has 1 N–H and O–H groups in total. The molecule has 5 heteroatoms. The number of amides is 1. The molecule has 3 rings (SSSR count). The summed E-state index contributed by atoms with van der Waals surface area (Å²) in [5, 5.41) is 10.7. The number of rotatable bonds is 3. The molecule has 0 spiro atoms. The van der Waals surface area contributed by atoms with Crippen molar-refractivity contribution in [2.45, 2.75) is 45.1 Å². The molecule has 2 fully saturated rings. The summed E-state index contributed by atoms with van der Waals surface area (Å²) >= 11 is 0. The fraction of sp³-hybridized carbons (Fsp3) is 0.688. The van der Waals surface area contributed by atoms with Crippen molar-refractivity contribution in [3.05, 3.63) is 23.8 Å². The zero-order valence-electron chi connectivity index (χ0n) is 12.9. The van der Waals surface area contributed by atoms with Crippen molar-refractivity contribution in [1.29, 1.82) is 0 Å². The zero-order chi connectivity index (χ0) is 15.2. The third-order valence-corrected chi connectivity index (χ3v) is 4.94. The van der Waals surface area contributed by atoms with Crippen LogP contribution in [0.3, 0.4) is 0 Å². The van der Waals surface area contributed by atoms with Crippen LogP contribution in [0.25, 0.3) is 0 Å². The molecule has 1 aliphatic heterocycles. The molecule has 2 aliphatic rings. The minimum Gasteiger partial charge on any atom is -0.387 e. The molecule has 5 nitrogen and oxygen atoms in total. The molecule has 0 aromatic carbocycles. The highest BCUT2D eigenvalue weighted by molar-refractivity contribution is 5.93. The molecule has 2 heterocycles. The quantitative estimate of drug-likeness (QED) is 0.922. The van der Waals surface area contributed by atoms with Gasteiger partial charge < -0.3 is 10.0 Å². The van der Waals surface area contributed by atoms with Crippen molar-refractivity contribution in [3.8, 4) is 0 Å². The van der Waals surface area contributed by atoms with E-state index in [0.29, 0.717) is 24.6 Å². The Balaban J connectivity index is 1.73. The minimum absolute atomic E-state index is 0.0769. The Morgan fingerprint density at radius 1 is 1.38 bits per heavy atom.